The van der Waals surface area contributed by atoms with Crippen molar-refractivity contribution in [1.29, 1.82) is 0 Å². The monoisotopic (exact) mass is 248 g/mol. The van der Waals surface area contributed by atoms with Gasteiger partial charge in [0.15, 0.2) is 12.4 Å². The molecule has 5 heteroatoms. The molecule has 0 spiro atoms. The van der Waals surface area contributed by atoms with E-state index in [1.165, 1.54) is 12.1 Å². The first-order valence-corrected chi connectivity index (χ1v) is 5.94. The van der Waals surface area contributed by atoms with Crippen LogP contribution in [-0.4, -0.2) is 10.1 Å². The minimum absolute atomic E-state index is 0.214. The lowest BCUT2D eigenvalue weighted by atomic mass is 10.2. The Morgan fingerprint density at radius 3 is 3.00 bits per heavy atom. The van der Waals surface area contributed by atoms with Crippen molar-refractivity contribution in [3.05, 3.63) is 41.3 Å². The second-order valence-electron chi connectivity index (χ2n) is 4.52. The molecule has 0 aliphatic heterocycles. The Labute approximate surface area is 104 Å². The van der Waals surface area contributed by atoms with Crippen molar-refractivity contribution in [3.63, 3.8) is 0 Å². The third-order valence-corrected chi connectivity index (χ3v) is 2.91. The van der Waals surface area contributed by atoms with Crippen molar-refractivity contribution in [2.45, 2.75) is 32.3 Å². The van der Waals surface area contributed by atoms with Crippen LogP contribution in [0, 0.1) is 12.7 Å². The van der Waals surface area contributed by atoms with Crippen LogP contribution in [0.25, 0.3) is 0 Å². The predicted octanol–water partition coefficient (Wildman–Crippen LogP) is 2.97. The largest absolute Gasteiger partial charge is 0.483 e. The average Bonchev–Trinajstić information content (AvgIpc) is 3.08. The summed E-state index contributed by atoms with van der Waals surface area (Å²) in [5, 5.41) is 3.90. The van der Waals surface area contributed by atoms with Crippen molar-refractivity contribution in [3.8, 4) is 5.75 Å². The topological polar surface area (TPSA) is 48.2 Å². The second kappa shape index (κ2) is 4.40. The van der Waals surface area contributed by atoms with E-state index in [-0.39, 0.29) is 12.4 Å². The van der Waals surface area contributed by atoms with Crippen LogP contribution in [0.5, 0.6) is 5.75 Å². The van der Waals surface area contributed by atoms with Crippen LogP contribution < -0.4 is 4.74 Å². The summed E-state index contributed by atoms with van der Waals surface area (Å²) in [4.78, 5) is 4.26. The normalized spacial score (nSPS) is 14.8. The summed E-state index contributed by atoms with van der Waals surface area (Å²) < 4.78 is 23.5. The third-order valence-electron chi connectivity index (χ3n) is 2.91. The van der Waals surface area contributed by atoms with Gasteiger partial charge < -0.3 is 9.26 Å². The minimum atomic E-state index is -0.270. The first kappa shape index (κ1) is 11.2. The highest BCUT2D eigenvalue weighted by Crippen LogP contribution is 2.38. The smallest absolute Gasteiger partial charge is 0.264 e. The minimum Gasteiger partial charge on any atom is -0.483 e. The van der Waals surface area contributed by atoms with E-state index >= 15 is 0 Å². The van der Waals surface area contributed by atoms with Gasteiger partial charge >= 0.3 is 0 Å². The van der Waals surface area contributed by atoms with Gasteiger partial charge in [0, 0.05) is 5.92 Å². The Hall–Kier alpha value is -1.91. The van der Waals surface area contributed by atoms with Crippen molar-refractivity contribution < 1.29 is 13.7 Å². The first-order valence-electron chi connectivity index (χ1n) is 5.94. The lowest BCUT2D eigenvalue weighted by molar-refractivity contribution is 0.241. The maximum atomic E-state index is 12.9. The molecule has 1 saturated carbocycles. The molecule has 0 unspecified atom stereocenters. The highest BCUT2D eigenvalue weighted by Gasteiger charge is 2.28. The number of halogens is 1. The Kier molecular flexibility index (Phi) is 2.74. The van der Waals surface area contributed by atoms with Gasteiger partial charge in [-0.3, -0.25) is 0 Å². The van der Waals surface area contributed by atoms with E-state index in [1.807, 2.05) is 0 Å². The average molecular weight is 248 g/mol. The van der Waals surface area contributed by atoms with Gasteiger partial charge in [0.25, 0.3) is 5.89 Å². The van der Waals surface area contributed by atoms with E-state index in [2.05, 4.69) is 10.1 Å². The van der Waals surface area contributed by atoms with E-state index in [0.29, 0.717) is 17.6 Å². The fourth-order valence-electron chi connectivity index (χ4n) is 1.75. The van der Waals surface area contributed by atoms with Crippen molar-refractivity contribution in [1.82, 2.24) is 10.1 Å². The molecule has 1 aromatic carbocycles. The zero-order valence-electron chi connectivity index (χ0n) is 10.0. The van der Waals surface area contributed by atoms with Gasteiger partial charge in [0.2, 0.25) is 0 Å². The third kappa shape index (κ3) is 2.34. The molecule has 0 bridgehead atoms. The van der Waals surface area contributed by atoms with E-state index in [9.17, 15) is 4.39 Å². The summed E-state index contributed by atoms with van der Waals surface area (Å²) >= 11 is 0. The number of benzene rings is 1. The predicted molar refractivity (Wildman–Crippen MR) is 61.7 cm³/mol. The number of hydrogen-bond donors (Lipinski definition) is 0. The Balaban J connectivity index is 1.65. The molecule has 0 saturated heterocycles. The molecule has 1 aromatic heterocycles. The SMILES string of the molecule is Cc1cc(F)ccc1OCc1nc(C2CC2)no1. The van der Waals surface area contributed by atoms with Crippen LogP contribution >= 0.6 is 0 Å². The van der Waals surface area contributed by atoms with Gasteiger partial charge in [-0.2, -0.15) is 4.98 Å². The van der Waals surface area contributed by atoms with Crippen LogP contribution in [-0.2, 0) is 6.61 Å². The molecule has 94 valence electrons. The number of nitrogens with zero attached hydrogens (tertiary/aromatic N) is 2. The molecule has 1 aliphatic carbocycles. The highest BCUT2D eigenvalue weighted by molar-refractivity contribution is 5.32. The molecule has 0 radical (unpaired) electrons. The van der Waals surface area contributed by atoms with E-state index < -0.39 is 0 Å². The van der Waals surface area contributed by atoms with Crippen LogP contribution in [0.1, 0.15) is 36.0 Å². The van der Waals surface area contributed by atoms with Gasteiger partial charge in [-0.05, 0) is 43.5 Å². The van der Waals surface area contributed by atoms with Crippen molar-refractivity contribution >= 4 is 0 Å². The van der Waals surface area contributed by atoms with Crippen LogP contribution in [0.3, 0.4) is 0 Å². The van der Waals surface area contributed by atoms with Crippen LogP contribution in [0.4, 0.5) is 4.39 Å². The summed E-state index contributed by atoms with van der Waals surface area (Å²) in [6.45, 7) is 2.01. The van der Waals surface area contributed by atoms with Gasteiger partial charge in [0.1, 0.15) is 11.6 Å². The first-order chi connectivity index (χ1) is 8.72. The standard InChI is InChI=1S/C13H13FN2O2/c1-8-6-10(14)4-5-11(8)17-7-12-15-13(16-18-12)9-2-3-9/h4-6,9H,2-3,7H2,1H3. The molecule has 1 aliphatic rings. The van der Waals surface area contributed by atoms with Gasteiger partial charge in [-0.15, -0.1) is 0 Å². The number of ether oxygens (including phenoxy) is 1. The van der Waals surface area contributed by atoms with Crippen LogP contribution in [0.2, 0.25) is 0 Å². The summed E-state index contributed by atoms with van der Waals surface area (Å²) in [5.74, 6) is 2.05. The molecule has 0 N–H and O–H groups in total. The number of aromatic nitrogens is 2. The maximum Gasteiger partial charge on any atom is 0.264 e. The number of rotatable bonds is 4. The molecule has 3 rings (SSSR count). The lowest BCUT2D eigenvalue weighted by Gasteiger charge is -2.06. The molecule has 4 nitrogen and oxygen atoms in total. The summed E-state index contributed by atoms with van der Waals surface area (Å²) in [6.07, 6.45) is 2.27. The van der Waals surface area contributed by atoms with Gasteiger partial charge in [-0.25, -0.2) is 4.39 Å². The van der Waals surface area contributed by atoms with Crippen molar-refractivity contribution in [2.75, 3.05) is 0 Å². The van der Waals surface area contributed by atoms with E-state index in [1.54, 1.807) is 13.0 Å². The molecular weight excluding hydrogens is 235 g/mol. The molecule has 1 heterocycles. The quantitative estimate of drug-likeness (QED) is 0.834. The Morgan fingerprint density at radius 1 is 1.44 bits per heavy atom. The fraction of sp³-hybridized carbons (Fsp3) is 0.385. The molecule has 1 fully saturated rings. The molecule has 18 heavy (non-hydrogen) atoms. The van der Waals surface area contributed by atoms with E-state index in [4.69, 9.17) is 9.26 Å². The Bertz CT molecular complexity index is 564. The molecular formula is C13H13FN2O2. The van der Waals surface area contributed by atoms with Crippen molar-refractivity contribution in [2.24, 2.45) is 0 Å². The fourth-order valence-corrected chi connectivity index (χ4v) is 1.75. The summed E-state index contributed by atoms with van der Waals surface area (Å²) in [5.41, 5.74) is 0.747. The van der Waals surface area contributed by atoms with Crippen LogP contribution in [0.15, 0.2) is 22.7 Å². The summed E-state index contributed by atoms with van der Waals surface area (Å²) in [6, 6.07) is 4.40. The zero-order valence-corrected chi connectivity index (χ0v) is 10.0. The molecule has 2 aromatic rings. The summed E-state index contributed by atoms with van der Waals surface area (Å²) in [7, 11) is 0. The highest BCUT2D eigenvalue weighted by atomic mass is 19.1. The molecule has 0 amide bonds. The Morgan fingerprint density at radius 2 is 2.28 bits per heavy atom. The maximum absolute atomic E-state index is 12.9. The van der Waals surface area contributed by atoms with E-state index in [0.717, 1.165) is 24.2 Å². The van der Waals surface area contributed by atoms with Gasteiger partial charge in [-0.1, -0.05) is 5.16 Å². The molecule has 0 atom stereocenters. The lowest BCUT2D eigenvalue weighted by Crippen LogP contribution is -1.98. The number of hydrogen-bond acceptors (Lipinski definition) is 4. The second-order valence-corrected chi connectivity index (χ2v) is 4.52. The van der Waals surface area contributed by atoms with Gasteiger partial charge in [0.05, 0.1) is 0 Å². The zero-order chi connectivity index (χ0) is 12.5. The number of aryl methyl sites for hydroxylation is 1.